The molecule has 1 N–H and O–H groups in total. The molecule has 0 spiro atoms. The highest BCUT2D eigenvalue weighted by Gasteiger charge is 2.25. The number of carbonyl (C=O) groups excluding carboxylic acids is 2. The van der Waals surface area contributed by atoms with Crippen molar-refractivity contribution in [1.82, 2.24) is 15.2 Å². The average Bonchev–Trinajstić information content (AvgIpc) is 3.07. The molecule has 1 unspecified atom stereocenters. The molecule has 1 atom stereocenters. The summed E-state index contributed by atoms with van der Waals surface area (Å²) < 4.78 is 5.48. The van der Waals surface area contributed by atoms with E-state index in [1.54, 1.807) is 0 Å². The predicted octanol–water partition coefficient (Wildman–Crippen LogP) is 4.26. The number of aromatic nitrogens is 1. The van der Waals surface area contributed by atoms with E-state index in [1.807, 2.05) is 18.7 Å². The molecule has 0 saturated heterocycles. The van der Waals surface area contributed by atoms with Crippen molar-refractivity contribution >= 4 is 11.8 Å². The van der Waals surface area contributed by atoms with Crippen molar-refractivity contribution < 1.29 is 14.0 Å². The van der Waals surface area contributed by atoms with Gasteiger partial charge in [-0.05, 0) is 24.7 Å². The van der Waals surface area contributed by atoms with E-state index in [2.05, 4.69) is 38.0 Å². The molecule has 1 heterocycles. The monoisotopic (exact) mass is 379 g/mol. The van der Waals surface area contributed by atoms with Gasteiger partial charge in [-0.15, -0.1) is 0 Å². The molecule has 0 fully saturated rings. The van der Waals surface area contributed by atoms with Gasteiger partial charge in [0.1, 0.15) is 6.26 Å². The lowest BCUT2D eigenvalue weighted by molar-refractivity contribution is -0.137. The molecule has 0 saturated carbocycles. The zero-order valence-electron chi connectivity index (χ0n) is 17.9. The number of carbonyl (C=O) groups is 2. The van der Waals surface area contributed by atoms with Crippen LogP contribution in [0.2, 0.25) is 0 Å². The Morgan fingerprint density at radius 1 is 1.19 bits per heavy atom. The van der Waals surface area contributed by atoms with Crippen molar-refractivity contribution in [2.45, 2.75) is 73.8 Å². The summed E-state index contributed by atoms with van der Waals surface area (Å²) in [6.45, 7) is 14.0. The van der Waals surface area contributed by atoms with Crippen LogP contribution in [0.1, 0.15) is 83.6 Å². The first kappa shape index (κ1) is 23.2. The minimum absolute atomic E-state index is 0.0347. The molecule has 0 aromatic carbocycles. The minimum atomic E-state index is -0.241. The molecule has 154 valence electrons. The van der Waals surface area contributed by atoms with Gasteiger partial charge in [-0.2, -0.15) is 0 Å². The summed E-state index contributed by atoms with van der Waals surface area (Å²) in [4.78, 5) is 31.3. The number of nitrogens with zero attached hydrogens (tertiary/aromatic N) is 2. The summed E-state index contributed by atoms with van der Waals surface area (Å²) in [5.74, 6) is 1.07. The highest BCUT2D eigenvalue weighted by Crippen LogP contribution is 2.19. The van der Waals surface area contributed by atoms with Crippen molar-refractivity contribution in [1.29, 1.82) is 0 Å². The highest BCUT2D eigenvalue weighted by atomic mass is 16.3. The van der Waals surface area contributed by atoms with Gasteiger partial charge in [-0.1, -0.05) is 54.4 Å². The predicted molar refractivity (Wildman–Crippen MR) is 107 cm³/mol. The van der Waals surface area contributed by atoms with Crippen molar-refractivity contribution in [3.8, 4) is 0 Å². The lowest BCUT2D eigenvalue weighted by Crippen LogP contribution is -2.38. The summed E-state index contributed by atoms with van der Waals surface area (Å²) in [5.41, 5.74) is 0.264. The summed E-state index contributed by atoms with van der Waals surface area (Å²) in [6, 6.07) is 0. The molecule has 1 rings (SSSR count). The van der Waals surface area contributed by atoms with Crippen LogP contribution in [0.5, 0.6) is 0 Å². The van der Waals surface area contributed by atoms with Gasteiger partial charge in [-0.3, -0.25) is 9.59 Å². The number of hydrogen-bond donors (Lipinski definition) is 1. The van der Waals surface area contributed by atoms with E-state index in [0.717, 1.165) is 25.7 Å². The van der Waals surface area contributed by atoms with Crippen LogP contribution in [-0.4, -0.2) is 34.8 Å². The molecule has 0 bridgehead atoms. The Hall–Kier alpha value is -1.85. The van der Waals surface area contributed by atoms with Gasteiger partial charge in [0.05, 0.1) is 6.54 Å². The molecule has 27 heavy (non-hydrogen) atoms. The van der Waals surface area contributed by atoms with E-state index < -0.39 is 0 Å². The molecule has 6 heteroatoms. The molecule has 1 aromatic heterocycles. The lowest BCUT2D eigenvalue weighted by Gasteiger charge is -2.27. The number of hydrogen-bond acceptors (Lipinski definition) is 4. The SMILES string of the molecule is CCCCC(CC)C(=O)N(Cc1nc(C(=O)NCC(C)C)co1)CC(C)C. The quantitative estimate of drug-likeness (QED) is 0.589. The lowest BCUT2D eigenvalue weighted by atomic mass is 9.97. The minimum Gasteiger partial charge on any atom is -0.446 e. The summed E-state index contributed by atoms with van der Waals surface area (Å²) >= 11 is 0. The van der Waals surface area contributed by atoms with E-state index in [0.29, 0.717) is 37.4 Å². The maximum atomic E-state index is 13.0. The third-order valence-electron chi connectivity index (χ3n) is 4.43. The molecule has 0 aliphatic carbocycles. The number of amides is 2. The van der Waals surface area contributed by atoms with Crippen LogP contribution >= 0.6 is 0 Å². The van der Waals surface area contributed by atoms with E-state index >= 15 is 0 Å². The second kappa shape index (κ2) is 11.8. The Morgan fingerprint density at radius 2 is 1.89 bits per heavy atom. The maximum absolute atomic E-state index is 13.0. The average molecular weight is 380 g/mol. The first-order valence-electron chi connectivity index (χ1n) is 10.3. The maximum Gasteiger partial charge on any atom is 0.273 e. The van der Waals surface area contributed by atoms with Gasteiger partial charge >= 0.3 is 0 Å². The smallest absolute Gasteiger partial charge is 0.273 e. The zero-order valence-corrected chi connectivity index (χ0v) is 17.9. The number of nitrogens with one attached hydrogen (secondary N) is 1. The van der Waals surface area contributed by atoms with Crippen LogP contribution < -0.4 is 5.32 Å². The fraction of sp³-hybridized carbons (Fsp3) is 0.762. The Kier molecular flexibility index (Phi) is 10.1. The summed E-state index contributed by atoms with van der Waals surface area (Å²) in [7, 11) is 0. The molecule has 1 aromatic rings. The van der Waals surface area contributed by atoms with Crippen molar-refractivity contribution in [2.75, 3.05) is 13.1 Å². The molecule has 6 nitrogen and oxygen atoms in total. The van der Waals surface area contributed by atoms with Crippen LogP contribution in [-0.2, 0) is 11.3 Å². The van der Waals surface area contributed by atoms with Crippen LogP contribution in [0.25, 0.3) is 0 Å². The van der Waals surface area contributed by atoms with E-state index in [-0.39, 0.29) is 23.4 Å². The summed E-state index contributed by atoms with van der Waals surface area (Å²) in [6.07, 6.45) is 5.26. The molecule has 2 amide bonds. The second-order valence-electron chi connectivity index (χ2n) is 8.09. The van der Waals surface area contributed by atoms with E-state index in [4.69, 9.17) is 4.42 Å². The first-order valence-corrected chi connectivity index (χ1v) is 10.3. The standard InChI is InChI=1S/C21H37N3O3/c1-7-9-10-17(8-2)21(26)24(12-16(5)6)13-19-23-18(14-27-19)20(25)22-11-15(3)4/h14-17H,7-13H2,1-6H3,(H,22,25). The van der Waals surface area contributed by atoms with Gasteiger partial charge in [0.25, 0.3) is 5.91 Å². The molecular weight excluding hydrogens is 342 g/mol. The van der Waals surface area contributed by atoms with Gasteiger partial charge in [-0.25, -0.2) is 4.98 Å². The van der Waals surface area contributed by atoms with Crippen LogP contribution in [0.15, 0.2) is 10.7 Å². The Balaban J connectivity index is 2.82. The number of unbranched alkanes of at least 4 members (excludes halogenated alkanes) is 1. The van der Waals surface area contributed by atoms with Gasteiger partial charge in [0.15, 0.2) is 5.69 Å². The Morgan fingerprint density at radius 3 is 2.44 bits per heavy atom. The largest absolute Gasteiger partial charge is 0.446 e. The van der Waals surface area contributed by atoms with Crippen molar-refractivity contribution in [2.24, 2.45) is 17.8 Å². The van der Waals surface area contributed by atoms with Crippen LogP contribution in [0.3, 0.4) is 0 Å². The van der Waals surface area contributed by atoms with Crippen molar-refractivity contribution in [3.05, 3.63) is 17.8 Å². The van der Waals surface area contributed by atoms with Crippen LogP contribution in [0.4, 0.5) is 0 Å². The third kappa shape index (κ3) is 8.14. The normalized spacial score (nSPS) is 12.4. The molecular formula is C21H37N3O3. The molecule has 0 radical (unpaired) electrons. The topological polar surface area (TPSA) is 75.4 Å². The summed E-state index contributed by atoms with van der Waals surface area (Å²) in [5, 5.41) is 2.83. The number of rotatable bonds is 12. The van der Waals surface area contributed by atoms with Crippen molar-refractivity contribution in [3.63, 3.8) is 0 Å². The molecule has 0 aliphatic rings. The first-order chi connectivity index (χ1) is 12.8. The molecule has 0 aliphatic heterocycles. The number of oxazole rings is 1. The second-order valence-corrected chi connectivity index (χ2v) is 8.09. The fourth-order valence-corrected chi connectivity index (χ4v) is 2.92. The fourth-order valence-electron chi connectivity index (χ4n) is 2.92. The van der Waals surface area contributed by atoms with Gasteiger partial charge in [0, 0.05) is 19.0 Å². The van der Waals surface area contributed by atoms with Crippen LogP contribution in [0, 0.1) is 17.8 Å². The van der Waals surface area contributed by atoms with Gasteiger partial charge < -0.3 is 14.6 Å². The highest BCUT2D eigenvalue weighted by molar-refractivity contribution is 5.91. The Labute approximate surface area is 164 Å². The Bertz CT molecular complexity index is 581. The van der Waals surface area contributed by atoms with E-state index in [9.17, 15) is 9.59 Å². The zero-order chi connectivity index (χ0) is 20.4. The third-order valence-corrected chi connectivity index (χ3v) is 4.43. The van der Waals surface area contributed by atoms with E-state index in [1.165, 1.54) is 6.26 Å². The van der Waals surface area contributed by atoms with Gasteiger partial charge in [0.2, 0.25) is 11.8 Å².